The Hall–Kier alpha value is -0.720. The number of hydrogen-bond donors (Lipinski definition) is 1. The molecule has 1 aromatic carbocycles. The number of nitrogens with zero attached hydrogens (tertiary/aromatic N) is 1. The van der Waals surface area contributed by atoms with Crippen LogP contribution in [0.3, 0.4) is 0 Å². The topological polar surface area (TPSA) is 35.8 Å². The molecule has 0 amide bonds. The Labute approximate surface area is 110 Å². The second kappa shape index (κ2) is 5.07. The summed E-state index contributed by atoms with van der Waals surface area (Å²) in [4.78, 5) is 0. The maximum absolute atomic E-state index is 9.10. The van der Waals surface area contributed by atoms with Crippen LogP contribution >= 0.6 is 27.5 Å². The van der Waals surface area contributed by atoms with E-state index in [2.05, 4.69) is 27.3 Å². The second-order valence-electron chi connectivity index (χ2n) is 4.70. The smallest absolute Gasteiger partial charge is 0.119 e. The monoisotopic (exact) mass is 300 g/mol. The van der Waals surface area contributed by atoms with Gasteiger partial charge in [0.15, 0.2) is 0 Å². The van der Waals surface area contributed by atoms with Crippen LogP contribution in [0.4, 0.5) is 5.69 Å². The summed E-state index contributed by atoms with van der Waals surface area (Å²) >= 11 is 9.25. The van der Waals surface area contributed by atoms with E-state index in [1.54, 1.807) is 6.07 Å². The van der Waals surface area contributed by atoms with Crippen molar-refractivity contribution in [3.05, 3.63) is 27.7 Å². The summed E-state index contributed by atoms with van der Waals surface area (Å²) < 4.78 is 0.824. The molecule has 0 fully saturated rings. The first-order chi connectivity index (χ1) is 7.34. The molecule has 86 valence electrons. The van der Waals surface area contributed by atoms with E-state index < -0.39 is 0 Å². The highest BCUT2D eigenvalue weighted by molar-refractivity contribution is 9.10. The van der Waals surface area contributed by atoms with E-state index in [1.165, 1.54) is 0 Å². The minimum absolute atomic E-state index is 0.110. The Morgan fingerprint density at radius 1 is 1.44 bits per heavy atom. The fourth-order valence-electron chi connectivity index (χ4n) is 1.20. The molecule has 0 heterocycles. The number of halogens is 2. The van der Waals surface area contributed by atoms with E-state index in [4.69, 9.17) is 16.9 Å². The Balaban J connectivity index is 2.88. The van der Waals surface area contributed by atoms with Crippen LogP contribution in [0.15, 0.2) is 22.7 Å². The van der Waals surface area contributed by atoms with Crippen LogP contribution < -0.4 is 5.32 Å². The van der Waals surface area contributed by atoms with E-state index in [-0.39, 0.29) is 11.5 Å². The van der Waals surface area contributed by atoms with Crippen molar-refractivity contribution in [2.45, 2.75) is 26.8 Å². The van der Waals surface area contributed by atoms with Crippen molar-refractivity contribution in [1.29, 1.82) is 5.26 Å². The molecule has 1 unspecified atom stereocenters. The van der Waals surface area contributed by atoms with Crippen LogP contribution in [0.2, 0.25) is 5.02 Å². The summed E-state index contributed by atoms with van der Waals surface area (Å²) in [5.74, 6) is 0. The van der Waals surface area contributed by atoms with Gasteiger partial charge < -0.3 is 5.32 Å². The van der Waals surface area contributed by atoms with Gasteiger partial charge >= 0.3 is 0 Å². The molecule has 0 aliphatic heterocycles. The van der Waals surface area contributed by atoms with Crippen molar-refractivity contribution < 1.29 is 0 Å². The zero-order valence-corrected chi connectivity index (χ0v) is 11.9. The molecule has 0 aliphatic rings. The Morgan fingerprint density at radius 2 is 2.06 bits per heavy atom. The number of nitrogens with one attached hydrogen (secondary N) is 1. The van der Waals surface area contributed by atoms with Gasteiger partial charge in [-0.1, -0.05) is 32.4 Å². The fraction of sp³-hybridized carbons (Fsp3) is 0.417. The van der Waals surface area contributed by atoms with Crippen molar-refractivity contribution in [2.24, 2.45) is 5.41 Å². The first-order valence-electron chi connectivity index (χ1n) is 4.96. The van der Waals surface area contributed by atoms with E-state index in [0.29, 0.717) is 5.02 Å². The highest BCUT2D eigenvalue weighted by Gasteiger charge is 2.24. The maximum Gasteiger partial charge on any atom is 0.119 e. The molecule has 1 aromatic rings. The molecule has 0 saturated heterocycles. The third-order valence-corrected chi connectivity index (χ3v) is 3.44. The molecule has 0 saturated carbocycles. The third-order valence-electron chi connectivity index (χ3n) is 2.23. The van der Waals surface area contributed by atoms with Crippen LogP contribution in [0.25, 0.3) is 0 Å². The fourth-order valence-corrected chi connectivity index (χ4v) is 1.69. The highest BCUT2D eigenvalue weighted by atomic mass is 79.9. The number of nitriles is 1. The highest BCUT2D eigenvalue weighted by Crippen LogP contribution is 2.28. The van der Waals surface area contributed by atoms with Gasteiger partial charge in [-0.3, -0.25) is 0 Å². The number of rotatable bonds is 2. The zero-order valence-electron chi connectivity index (χ0n) is 9.51. The number of hydrogen-bond acceptors (Lipinski definition) is 2. The lowest BCUT2D eigenvalue weighted by Crippen LogP contribution is -2.32. The molecule has 0 radical (unpaired) electrons. The minimum Gasteiger partial charge on any atom is -0.369 e. The predicted molar refractivity (Wildman–Crippen MR) is 71.6 cm³/mol. The summed E-state index contributed by atoms with van der Waals surface area (Å²) in [5, 5.41) is 12.9. The average Bonchev–Trinajstić information content (AvgIpc) is 2.18. The van der Waals surface area contributed by atoms with Gasteiger partial charge in [0.2, 0.25) is 0 Å². The number of anilines is 1. The van der Waals surface area contributed by atoms with E-state index >= 15 is 0 Å². The number of benzene rings is 1. The molecule has 16 heavy (non-hydrogen) atoms. The Morgan fingerprint density at radius 3 is 2.50 bits per heavy atom. The normalized spacial score (nSPS) is 13.0. The molecule has 1 N–H and O–H groups in total. The summed E-state index contributed by atoms with van der Waals surface area (Å²) in [6, 6.07) is 7.56. The lowest BCUT2D eigenvalue weighted by Gasteiger charge is -2.26. The van der Waals surface area contributed by atoms with Crippen molar-refractivity contribution >= 4 is 33.2 Å². The molecule has 1 rings (SSSR count). The third kappa shape index (κ3) is 3.40. The predicted octanol–water partition coefficient (Wildman–Crippen LogP) is 4.45. The molecule has 0 spiro atoms. The van der Waals surface area contributed by atoms with Crippen molar-refractivity contribution in [3.8, 4) is 6.07 Å². The van der Waals surface area contributed by atoms with Crippen LogP contribution in [-0.2, 0) is 0 Å². The summed E-state index contributed by atoms with van der Waals surface area (Å²) in [7, 11) is 0. The molecule has 2 nitrogen and oxygen atoms in total. The molecule has 0 aliphatic carbocycles. The maximum atomic E-state index is 9.10. The van der Waals surface area contributed by atoms with Gasteiger partial charge in [-0.2, -0.15) is 5.26 Å². The van der Waals surface area contributed by atoms with Crippen molar-refractivity contribution in [1.82, 2.24) is 0 Å². The summed E-state index contributed by atoms with van der Waals surface area (Å²) in [6.07, 6.45) is 0. The van der Waals surface area contributed by atoms with Crippen molar-refractivity contribution in [3.63, 3.8) is 0 Å². The quantitative estimate of drug-likeness (QED) is 0.876. The van der Waals surface area contributed by atoms with Gasteiger partial charge in [-0.25, -0.2) is 0 Å². The zero-order chi connectivity index (χ0) is 12.3. The van der Waals surface area contributed by atoms with E-state index in [9.17, 15) is 0 Å². The second-order valence-corrected chi connectivity index (χ2v) is 5.96. The Kier molecular flexibility index (Phi) is 4.23. The van der Waals surface area contributed by atoms with Gasteiger partial charge in [-0.15, -0.1) is 0 Å². The van der Waals surface area contributed by atoms with Gasteiger partial charge in [0.05, 0.1) is 11.1 Å². The molecule has 1 atom stereocenters. The lowest BCUT2D eigenvalue weighted by molar-refractivity contribution is 0.390. The Bertz CT molecular complexity index is 418. The van der Waals surface area contributed by atoms with Gasteiger partial charge in [0.1, 0.15) is 6.04 Å². The van der Waals surface area contributed by atoms with Crippen molar-refractivity contribution in [2.75, 3.05) is 5.32 Å². The standard InChI is InChI=1S/C12H14BrClN2/c1-12(2,3)11(7-15)16-8-4-5-10(14)9(13)6-8/h4-6,11,16H,1-3H3. The van der Waals surface area contributed by atoms with E-state index in [1.807, 2.05) is 32.9 Å². The first-order valence-corrected chi connectivity index (χ1v) is 6.13. The van der Waals surface area contributed by atoms with Crippen LogP contribution in [0.1, 0.15) is 20.8 Å². The SMILES string of the molecule is CC(C)(C)C(C#N)Nc1ccc(Cl)c(Br)c1. The summed E-state index contributed by atoms with van der Waals surface area (Å²) in [5.41, 5.74) is 0.777. The summed E-state index contributed by atoms with van der Waals surface area (Å²) in [6.45, 7) is 6.08. The lowest BCUT2D eigenvalue weighted by atomic mass is 9.87. The van der Waals surface area contributed by atoms with Gasteiger partial charge in [-0.05, 0) is 39.5 Å². The van der Waals surface area contributed by atoms with Crippen LogP contribution in [0.5, 0.6) is 0 Å². The molecular weight excluding hydrogens is 288 g/mol. The van der Waals surface area contributed by atoms with Crippen LogP contribution in [0, 0.1) is 16.7 Å². The molecule has 4 heteroatoms. The molecule has 0 aromatic heterocycles. The van der Waals surface area contributed by atoms with Gasteiger partial charge in [0.25, 0.3) is 0 Å². The largest absolute Gasteiger partial charge is 0.369 e. The van der Waals surface area contributed by atoms with Gasteiger partial charge in [0, 0.05) is 10.2 Å². The van der Waals surface area contributed by atoms with Crippen LogP contribution in [-0.4, -0.2) is 6.04 Å². The first kappa shape index (κ1) is 13.3. The van der Waals surface area contributed by atoms with E-state index in [0.717, 1.165) is 10.2 Å². The minimum atomic E-state index is -0.236. The molecular formula is C12H14BrClN2. The molecule has 0 bridgehead atoms. The average molecular weight is 302 g/mol.